The molecule has 36 heavy (non-hydrogen) atoms. The zero-order valence-corrected chi connectivity index (χ0v) is 20.1. The predicted octanol–water partition coefficient (Wildman–Crippen LogP) is 2.10. The second-order valence-corrected chi connectivity index (χ2v) is 8.88. The van der Waals surface area contributed by atoms with Crippen molar-refractivity contribution < 1.29 is 19.5 Å². The normalized spacial score (nSPS) is 17.9. The summed E-state index contributed by atoms with van der Waals surface area (Å²) in [4.78, 5) is 38.1. The molecular formula is C28H32N4O4. The van der Waals surface area contributed by atoms with Gasteiger partial charge in [-0.2, -0.15) is 5.26 Å². The fourth-order valence-electron chi connectivity index (χ4n) is 4.19. The number of hydrogen-bond donors (Lipinski definition) is 4. The lowest BCUT2D eigenvalue weighted by Crippen LogP contribution is -2.54. The summed E-state index contributed by atoms with van der Waals surface area (Å²) in [7, 11) is 0. The summed E-state index contributed by atoms with van der Waals surface area (Å²) < 4.78 is 0. The summed E-state index contributed by atoms with van der Waals surface area (Å²) in [5, 5.41) is 27.8. The van der Waals surface area contributed by atoms with Crippen LogP contribution in [-0.4, -0.2) is 47.6 Å². The first-order chi connectivity index (χ1) is 17.5. The molecule has 0 radical (unpaired) electrons. The van der Waals surface area contributed by atoms with Gasteiger partial charge in [0.25, 0.3) is 0 Å². The third-order valence-corrected chi connectivity index (χ3v) is 6.13. The van der Waals surface area contributed by atoms with Gasteiger partial charge >= 0.3 is 0 Å². The van der Waals surface area contributed by atoms with Crippen LogP contribution in [-0.2, 0) is 20.8 Å². The van der Waals surface area contributed by atoms with Crippen molar-refractivity contribution in [3.63, 3.8) is 0 Å². The Labute approximate surface area is 211 Å². The zero-order valence-electron chi connectivity index (χ0n) is 20.1. The Morgan fingerprint density at radius 1 is 1.11 bits per heavy atom. The van der Waals surface area contributed by atoms with E-state index < -0.39 is 30.0 Å². The smallest absolute Gasteiger partial charge is 0.243 e. The molecule has 8 heteroatoms. The number of nitrogens with zero attached hydrogens (tertiary/aromatic N) is 1. The van der Waals surface area contributed by atoms with Crippen molar-refractivity contribution >= 4 is 23.8 Å². The van der Waals surface area contributed by atoms with Gasteiger partial charge in [0.1, 0.15) is 6.04 Å². The van der Waals surface area contributed by atoms with Crippen LogP contribution in [0.15, 0.2) is 66.7 Å². The first-order valence-electron chi connectivity index (χ1n) is 12.2. The van der Waals surface area contributed by atoms with Gasteiger partial charge in [-0.25, -0.2) is 0 Å². The van der Waals surface area contributed by atoms with Gasteiger partial charge in [0.15, 0.2) is 6.10 Å². The Hall–Kier alpha value is -3.96. The molecule has 0 bridgehead atoms. The largest absolute Gasteiger partial charge is 0.376 e. The van der Waals surface area contributed by atoms with Crippen LogP contribution in [0.1, 0.15) is 36.8 Å². The summed E-state index contributed by atoms with van der Waals surface area (Å²) in [6, 6.07) is 18.7. The van der Waals surface area contributed by atoms with Gasteiger partial charge in [-0.05, 0) is 30.4 Å². The number of benzene rings is 2. The van der Waals surface area contributed by atoms with E-state index >= 15 is 0 Å². The van der Waals surface area contributed by atoms with Gasteiger partial charge in [-0.3, -0.25) is 14.4 Å². The Morgan fingerprint density at radius 3 is 2.47 bits per heavy atom. The molecule has 2 aromatic carbocycles. The Bertz CT molecular complexity index is 1080. The summed E-state index contributed by atoms with van der Waals surface area (Å²) in [5.41, 5.74) is 1.81. The average Bonchev–Trinajstić information content (AvgIpc) is 2.90. The van der Waals surface area contributed by atoms with E-state index in [4.69, 9.17) is 0 Å². The fourth-order valence-corrected chi connectivity index (χ4v) is 4.19. The SMILES string of the molecule is N#CC(O)[C@@H](C[C@@H]1CCCNC1=O)NC(=O)[C@H](Cc1ccccc1)NC(=O)C/C=C/c1ccccc1. The Kier molecular flexibility index (Phi) is 10.2. The number of hydrogen-bond acceptors (Lipinski definition) is 5. The first kappa shape index (κ1) is 26.6. The van der Waals surface area contributed by atoms with Gasteiger partial charge in [0.05, 0.1) is 12.1 Å². The second kappa shape index (κ2) is 13.8. The van der Waals surface area contributed by atoms with E-state index in [0.717, 1.165) is 17.5 Å². The van der Waals surface area contributed by atoms with Crippen LogP contribution >= 0.6 is 0 Å². The van der Waals surface area contributed by atoms with E-state index in [2.05, 4.69) is 16.0 Å². The molecule has 0 aromatic heterocycles. The maximum atomic E-state index is 13.3. The van der Waals surface area contributed by atoms with E-state index in [0.29, 0.717) is 13.0 Å². The van der Waals surface area contributed by atoms with Crippen LogP contribution in [0.5, 0.6) is 0 Å². The monoisotopic (exact) mass is 488 g/mol. The molecule has 8 nitrogen and oxygen atoms in total. The molecule has 1 aliphatic heterocycles. The molecule has 0 aliphatic carbocycles. The second-order valence-electron chi connectivity index (χ2n) is 8.88. The average molecular weight is 489 g/mol. The highest BCUT2D eigenvalue weighted by Crippen LogP contribution is 2.19. The molecule has 1 unspecified atom stereocenters. The van der Waals surface area contributed by atoms with Crippen molar-refractivity contribution in [2.75, 3.05) is 6.54 Å². The summed E-state index contributed by atoms with van der Waals surface area (Å²) in [6.45, 7) is 0.594. The lowest BCUT2D eigenvalue weighted by atomic mass is 9.89. The van der Waals surface area contributed by atoms with Gasteiger partial charge in [-0.1, -0.05) is 72.8 Å². The zero-order chi connectivity index (χ0) is 25.8. The lowest BCUT2D eigenvalue weighted by Gasteiger charge is -2.29. The minimum Gasteiger partial charge on any atom is -0.376 e. The molecule has 3 rings (SSSR count). The molecule has 1 heterocycles. The Morgan fingerprint density at radius 2 is 1.81 bits per heavy atom. The number of carbonyl (C=O) groups is 3. The highest BCUT2D eigenvalue weighted by Gasteiger charge is 2.32. The summed E-state index contributed by atoms with van der Waals surface area (Å²) >= 11 is 0. The molecule has 1 aliphatic rings. The third-order valence-electron chi connectivity index (χ3n) is 6.13. The number of amides is 3. The quantitative estimate of drug-likeness (QED) is 0.360. The topological polar surface area (TPSA) is 131 Å². The van der Waals surface area contributed by atoms with Crippen molar-refractivity contribution in [3.05, 3.63) is 77.9 Å². The minimum absolute atomic E-state index is 0.0833. The van der Waals surface area contributed by atoms with E-state index in [1.54, 1.807) is 12.1 Å². The molecule has 1 fully saturated rings. The lowest BCUT2D eigenvalue weighted by molar-refractivity contribution is -0.130. The van der Waals surface area contributed by atoms with Crippen molar-refractivity contribution in [2.24, 2.45) is 5.92 Å². The van der Waals surface area contributed by atoms with Gasteiger partial charge in [0, 0.05) is 25.3 Å². The standard InChI is InChI=1S/C28H32N4O4/c29-19-25(33)23(18-22-14-8-16-30-27(22)35)32-28(36)24(17-21-11-5-2-6-12-21)31-26(34)15-7-13-20-9-3-1-4-10-20/h1-7,9-13,22-25,33H,8,14-18H2,(H,30,35)(H,31,34)(H,32,36)/b13-7+/t22-,23+,24-,25?/m0/s1. The number of piperidine rings is 1. The van der Waals surface area contributed by atoms with Crippen molar-refractivity contribution in [1.82, 2.24) is 16.0 Å². The molecule has 4 atom stereocenters. The van der Waals surface area contributed by atoms with Crippen LogP contribution in [0.3, 0.4) is 0 Å². The van der Waals surface area contributed by atoms with Crippen LogP contribution in [0, 0.1) is 17.2 Å². The predicted molar refractivity (Wildman–Crippen MR) is 136 cm³/mol. The molecule has 2 aromatic rings. The third kappa shape index (κ3) is 8.36. The molecular weight excluding hydrogens is 456 g/mol. The van der Waals surface area contributed by atoms with E-state index in [-0.39, 0.29) is 31.1 Å². The van der Waals surface area contributed by atoms with E-state index in [9.17, 15) is 24.8 Å². The summed E-state index contributed by atoms with van der Waals surface area (Å²) in [5.74, 6) is -1.40. The number of rotatable bonds is 11. The van der Waals surface area contributed by atoms with Gasteiger partial charge < -0.3 is 21.1 Å². The first-order valence-corrected chi connectivity index (χ1v) is 12.2. The highest BCUT2D eigenvalue weighted by molar-refractivity contribution is 5.89. The summed E-state index contributed by atoms with van der Waals surface area (Å²) in [6.07, 6.45) is 3.95. The molecule has 3 amide bonds. The van der Waals surface area contributed by atoms with Crippen LogP contribution in [0.2, 0.25) is 0 Å². The number of aliphatic hydroxyl groups excluding tert-OH is 1. The minimum atomic E-state index is -1.48. The van der Waals surface area contributed by atoms with Crippen molar-refractivity contribution in [2.45, 2.75) is 50.3 Å². The maximum absolute atomic E-state index is 13.3. The molecule has 4 N–H and O–H groups in total. The number of carbonyl (C=O) groups excluding carboxylic acids is 3. The van der Waals surface area contributed by atoms with E-state index in [1.807, 2.05) is 66.7 Å². The van der Waals surface area contributed by atoms with Crippen LogP contribution < -0.4 is 16.0 Å². The highest BCUT2D eigenvalue weighted by atomic mass is 16.3. The van der Waals surface area contributed by atoms with Crippen molar-refractivity contribution in [3.8, 4) is 6.07 Å². The van der Waals surface area contributed by atoms with Gasteiger partial charge in [-0.15, -0.1) is 0 Å². The van der Waals surface area contributed by atoms with Crippen LogP contribution in [0.25, 0.3) is 6.08 Å². The number of aliphatic hydroxyl groups is 1. The number of nitrogens with one attached hydrogen (secondary N) is 3. The van der Waals surface area contributed by atoms with Gasteiger partial charge in [0.2, 0.25) is 17.7 Å². The van der Waals surface area contributed by atoms with E-state index in [1.165, 1.54) is 0 Å². The molecule has 0 saturated carbocycles. The fraction of sp³-hybridized carbons (Fsp3) is 0.357. The molecule has 1 saturated heterocycles. The number of nitriles is 1. The van der Waals surface area contributed by atoms with Crippen LogP contribution in [0.4, 0.5) is 0 Å². The maximum Gasteiger partial charge on any atom is 0.243 e. The van der Waals surface area contributed by atoms with Crippen molar-refractivity contribution in [1.29, 1.82) is 5.26 Å². The molecule has 188 valence electrons. The Balaban J connectivity index is 1.69. The molecule has 0 spiro atoms.